The molecule has 1 heterocycles. The summed E-state index contributed by atoms with van der Waals surface area (Å²) in [5, 5.41) is 7.44. The summed E-state index contributed by atoms with van der Waals surface area (Å²) in [7, 11) is -1.97. The molecule has 22 heavy (non-hydrogen) atoms. The summed E-state index contributed by atoms with van der Waals surface area (Å²) in [6.45, 7) is 3.96. The van der Waals surface area contributed by atoms with Crippen molar-refractivity contribution >= 4 is 10.0 Å². The number of hydrogen-bond acceptors (Lipinski definition) is 5. The van der Waals surface area contributed by atoms with Crippen molar-refractivity contribution in [2.45, 2.75) is 25.2 Å². The normalized spacial score (nSPS) is 11.4. The van der Waals surface area contributed by atoms with Gasteiger partial charge in [-0.05, 0) is 55.2 Å². The van der Waals surface area contributed by atoms with E-state index in [4.69, 9.17) is 4.74 Å². The minimum Gasteiger partial charge on any atom is -0.496 e. The third-order valence-electron chi connectivity index (χ3n) is 3.30. The van der Waals surface area contributed by atoms with Crippen LogP contribution in [0.1, 0.15) is 16.7 Å². The lowest BCUT2D eigenvalue weighted by molar-refractivity contribution is 0.408. The van der Waals surface area contributed by atoms with E-state index in [1.54, 1.807) is 31.6 Å². The number of rotatable bonds is 6. The molecule has 0 aliphatic heterocycles. The van der Waals surface area contributed by atoms with Crippen molar-refractivity contribution in [3.63, 3.8) is 0 Å². The summed E-state index contributed by atoms with van der Waals surface area (Å²) in [4.78, 5) is 0.246. The van der Waals surface area contributed by atoms with Gasteiger partial charge in [0, 0.05) is 12.7 Å². The van der Waals surface area contributed by atoms with E-state index in [1.165, 1.54) is 0 Å². The van der Waals surface area contributed by atoms with Crippen LogP contribution in [0.3, 0.4) is 0 Å². The van der Waals surface area contributed by atoms with Crippen LogP contribution in [0.15, 0.2) is 35.5 Å². The van der Waals surface area contributed by atoms with Crippen molar-refractivity contribution in [1.29, 1.82) is 0 Å². The maximum absolute atomic E-state index is 12.3. The van der Waals surface area contributed by atoms with Gasteiger partial charge >= 0.3 is 0 Å². The van der Waals surface area contributed by atoms with Gasteiger partial charge in [0.2, 0.25) is 10.0 Å². The molecule has 7 heteroatoms. The molecule has 0 spiro atoms. The zero-order valence-corrected chi connectivity index (χ0v) is 13.6. The van der Waals surface area contributed by atoms with Crippen molar-refractivity contribution in [2.75, 3.05) is 13.7 Å². The van der Waals surface area contributed by atoms with E-state index in [-0.39, 0.29) is 4.90 Å². The number of methoxy groups -OCH3 is 1. The number of aryl methyl sites for hydroxylation is 2. The largest absolute Gasteiger partial charge is 0.496 e. The number of ether oxygens (including phenoxy) is 1. The van der Waals surface area contributed by atoms with Gasteiger partial charge in [-0.1, -0.05) is 0 Å². The summed E-state index contributed by atoms with van der Waals surface area (Å²) in [5.41, 5.74) is 2.52. The van der Waals surface area contributed by atoms with Crippen molar-refractivity contribution in [2.24, 2.45) is 0 Å². The molecule has 1 aromatic heterocycles. The second-order valence-corrected chi connectivity index (χ2v) is 6.76. The fraction of sp³-hybridized carbons (Fsp3) is 0.333. The predicted molar refractivity (Wildman–Crippen MR) is 83.4 cm³/mol. The van der Waals surface area contributed by atoms with Crippen LogP contribution >= 0.6 is 0 Å². The average Bonchev–Trinajstić information content (AvgIpc) is 2.48. The number of aromatic nitrogens is 2. The highest BCUT2D eigenvalue weighted by atomic mass is 32.2. The lowest BCUT2D eigenvalue weighted by Crippen LogP contribution is -2.26. The lowest BCUT2D eigenvalue weighted by atomic mass is 10.1. The molecular weight excluding hydrogens is 302 g/mol. The minimum atomic E-state index is -3.54. The SMILES string of the molecule is COc1c(C)cc(S(=O)(=O)NCCc2ccnnc2)cc1C. The number of sulfonamides is 1. The molecule has 0 aliphatic carbocycles. The summed E-state index contributed by atoms with van der Waals surface area (Å²) in [5.74, 6) is 0.710. The maximum Gasteiger partial charge on any atom is 0.240 e. The van der Waals surface area contributed by atoms with Crippen LogP contribution in [-0.2, 0) is 16.4 Å². The topological polar surface area (TPSA) is 81.2 Å². The summed E-state index contributed by atoms with van der Waals surface area (Å²) in [6, 6.07) is 5.04. The molecule has 118 valence electrons. The first-order valence-corrected chi connectivity index (χ1v) is 8.33. The molecule has 0 atom stereocenters. The predicted octanol–water partition coefficient (Wildman–Crippen LogP) is 1.62. The summed E-state index contributed by atoms with van der Waals surface area (Å²) >= 11 is 0. The van der Waals surface area contributed by atoms with Gasteiger partial charge in [0.15, 0.2) is 0 Å². The van der Waals surface area contributed by atoms with Gasteiger partial charge in [0.05, 0.1) is 18.2 Å². The van der Waals surface area contributed by atoms with E-state index in [1.807, 2.05) is 19.9 Å². The van der Waals surface area contributed by atoms with E-state index in [2.05, 4.69) is 14.9 Å². The van der Waals surface area contributed by atoms with Crippen molar-refractivity contribution in [1.82, 2.24) is 14.9 Å². The number of benzene rings is 1. The van der Waals surface area contributed by atoms with Crippen molar-refractivity contribution < 1.29 is 13.2 Å². The first-order chi connectivity index (χ1) is 10.4. The van der Waals surface area contributed by atoms with Crippen LogP contribution in [0.4, 0.5) is 0 Å². The van der Waals surface area contributed by atoms with Crippen LogP contribution in [0.2, 0.25) is 0 Å². The Labute approximate surface area is 130 Å². The summed E-state index contributed by atoms with van der Waals surface area (Å²) < 4.78 is 32.5. The molecular formula is C15H19N3O3S. The molecule has 0 unspecified atom stereocenters. The van der Waals surface area contributed by atoms with Gasteiger partial charge < -0.3 is 4.74 Å². The van der Waals surface area contributed by atoms with Crippen LogP contribution in [-0.4, -0.2) is 32.3 Å². The Hall–Kier alpha value is -1.99. The van der Waals surface area contributed by atoms with Crippen LogP contribution in [0.5, 0.6) is 5.75 Å². The molecule has 0 saturated heterocycles. The highest BCUT2D eigenvalue weighted by molar-refractivity contribution is 7.89. The third kappa shape index (κ3) is 3.80. The Balaban J connectivity index is 2.10. The number of nitrogens with one attached hydrogen (secondary N) is 1. The van der Waals surface area contributed by atoms with Gasteiger partial charge in [0.25, 0.3) is 0 Å². The fourth-order valence-electron chi connectivity index (χ4n) is 2.27. The first-order valence-electron chi connectivity index (χ1n) is 6.84. The van der Waals surface area contributed by atoms with E-state index < -0.39 is 10.0 Å². The Kier molecular flexibility index (Phi) is 5.10. The Bertz CT molecular complexity index is 723. The minimum absolute atomic E-state index is 0.246. The lowest BCUT2D eigenvalue weighted by Gasteiger charge is -2.12. The highest BCUT2D eigenvalue weighted by Gasteiger charge is 2.16. The molecule has 0 bridgehead atoms. The van der Waals surface area contributed by atoms with Gasteiger partial charge in [-0.25, -0.2) is 13.1 Å². The zero-order valence-electron chi connectivity index (χ0n) is 12.8. The van der Waals surface area contributed by atoms with E-state index in [0.29, 0.717) is 18.7 Å². The second kappa shape index (κ2) is 6.85. The molecule has 0 amide bonds. The van der Waals surface area contributed by atoms with Crippen molar-refractivity contribution in [3.05, 3.63) is 47.3 Å². The standard InChI is InChI=1S/C15H19N3O3S/c1-11-8-14(9-12(2)15(11)21-3)22(19,20)18-7-5-13-4-6-16-17-10-13/h4,6,8-10,18H,5,7H2,1-3H3. The smallest absolute Gasteiger partial charge is 0.240 e. The maximum atomic E-state index is 12.3. The molecule has 2 aromatic rings. The van der Waals surface area contributed by atoms with Gasteiger partial charge in [-0.2, -0.15) is 10.2 Å². The van der Waals surface area contributed by atoms with Crippen LogP contribution < -0.4 is 9.46 Å². The Morgan fingerprint density at radius 1 is 1.18 bits per heavy atom. The second-order valence-electron chi connectivity index (χ2n) is 4.99. The van der Waals surface area contributed by atoms with Crippen molar-refractivity contribution in [3.8, 4) is 5.75 Å². The van der Waals surface area contributed by atoms with Gasteiger partial charge in [0.1, 0.15) is 5.75 Å². The molecule has 0 saturated carbocycles. The highest BCUT2D eigenvalue weighted by Crippen LogP contribution is 2.26. The van der Waals surface area contributed by atoms with E-state index >= 15 is 0 Å². The molecule has 0 aliphatic rings. The zero-order chi connectivity index (χ0) is 16.2. The number of hydrogen-bond donors (Lipinski definition) is 1. The monoisotopic (exact) mass is 321 g/mol. The average molecular weight is 321 g/mol. The molecule has 2 rings (SSSR count). The Morgan fingerprint density at radius 3 is 2.41 bits per heavy atom. The fourth-order valence-corrected chi connectivity index (χ4v) is 3.47. The third-order valence-corrected chi connectivity index (χ3v) is 4.74. The van der Waals surface area contributed by atoms with Gasteiger partial charge in [-0.3, -0.25) is 0 Å². The van der Waals surface area contributed by atoms with E-state index in [0.717, 1.165) is 16.7 Å². The molecule has 1 N–H and O–H groups in total. The van der Waals surface area contributed by atoms with E-state index in [9.17, 15) is 8.42 Å². The summed E-state index contributed by atoms with van der Waals surface area (Å²) in [6.07, 6.45) is 3.76. The first kappa shape index (κ1) is 16.4. The molecule has 0 fully saturated rings. The van der Waals surface area contributed by atoms with Gasteiger partial charge in [-0.15, -0.1) is 0 Å². The molecule has 1 aromatic carbocycles. The van der Waals surface area contributed by atoms with Crippen LogP contribution in [0, 0.1) is 13.8 Å². The van der Waals surface area contributed by atoms with Crippen LogP contribution in [0.25, 0.3) is 0 Å². The molecule has 6 nitrogen and oxygen atoms in total. The molecule has 0 radical (unpaired) electrons. The Morgan fingerprint density at radius 2 is 1.86 bits per heavy atom. The quantitative estimate of drug-likeness (QED) is 0.874. The number of nitrogens with zero attached hydrogens (tertiary/aromatic N) is 2.